The van der Waals surface area contributed by atoms with Gasteiger partial charge >= 0.3 is 0 Å². The van der Waals surface area contributed by atoms with Crippen molar-refractivity contribution in [1.29, 1.82) is 0 Å². The molecular formula is C24H28Cl2S. The predicted molar refractivity (Wildman–Crippen MR) is 119 cm³/mol. The molecule has 2 aromatic rings. The standard InChI is InChI=1S/C24H28Cl2S/c25-21-15-19(17-7-3-1-4-8-17)11-13-23(21)27-24-14-12-20(16-22(24)26)18-9-5-2-6-10-18/h11-18H,1-10H2. The molecule has 0 radical (unpaired) electrons. The van der Waals surface area contributed by atoms with Crippen molar-refractivity contribution in [3.05, 3.63) is 57.6 Å². The van der Waals surface area contributed by atoms with Gasteiger partial charge in [-0.2, -0.15) is 0 Å². The van der Waals surface area contributed by atoms with Crippen LogP contribution in [-0.4, -0.2) is 0 Å². The zero-order valence-electron chi connectivity index (χ0n) is 15.9. The minimum absolute atomic E-state index is 0.689. The summed E-state index contributed by atoms with van der Waals surface area (Å²) in [4.78, 5) is 2.20. The van der Waals surface area contributed by atoms with E-state index in [0.29, 0.717) is 11.8 Å². The van der Waals surface area contributed by atoms with Crippen LogP contribution in [0.15, 0.2) is 46.2 Å². The van der Waals surface area contributed by atoms with Crippen molar-refractivity contribution >= 4 is 35.0 Å². The first kappa shape index (κ1) is 19.7. The van der Waals surface area contributed by atoms with E-state index in [1.165, 1.54) is 75.3 Å². The minimum Gasteiger partial charge on any atom is -0.0870 e. The van der Waals surface area contributed by atoms with Gasteiger partial charge in [0.2, 0.25) is 0 Å². The highest BCUT2D eigenvalue weighted by Gasteiger charge is 2.18. The van der Waals surface area contributed by atoms with Gasteiger partial charge < -0.3 is 0 Å². The smallest absolute Gasteiger partial charge is 0.0548 e. The number of halogens is 2. The third-order valence-corrected chi connectivity index (χ3v) is 8.29. The maximum Gasteiger partial charge on any atom is 0.0548 e. The largest absolute Gasteiger partial charge is 0.0870 e. The van der Waals surface area contributed by atoms with Gasteiger partial charge in [0.05, 0.1) is 10.0 Å². The summed E-state index contributed by atoms with van der Waals surface area (Å²) in [6.45, 7) is 0. The zero-order valence-corrected chi connectivity index (χ0v) is 18.2. The normalized spacial score (nSPS) is 19.3. The number of hydrogen-bond donors (Lipinski definition) is 0. The summed E-state index contributed by atoms with van der Waals surface area (Å²) in [5.74, 6) is 1.38. The quantitative estimate of drug-likeness (QED) is 0.476. The molecule has 0 N–H and O–H groups in total. The molecule has 2 saturated carbocycles. The van der Waals surface area contributed by atoms with E-state index in [9.17, 15) is 0 Å². The lowest BCUT2D eigenvalue weighted by molar-refractivity contribution is 0.443. The van der Waals surface area contributed by atoms with Crippen LogP contribution in [-0.2, 0) is 0 Å². The summed E-state index contributed by atoms with van der Waals surface area (Å²) in [5, 5.41) is 1.71. The lowest BCUT2D eigenvalue weighted by Crippen LogP contribution is -2.04. The van der Waals surface area contributed by atoms with Gasteiger partial charge in [-0.25, -0.2) is 0 Å². The fourth-order valence-electron chi connectivity index (χ4n) is 4.70. The first-order valence-electron chi connectivity index (χ1n) is 10.5. The first-order chi connectivity index (χ1) is 13.2. The zero-order chi connectivity index (χ0) is 18.6. The molecule has 2 aliphatic carbocycles. The molecule has 0 aliphatic heterocycles. The van der Waals surface area contributed by atoms with E-state index >= 15 is 0 Å². The van der Waals surface area contributed by atoms with Crippen molar-refractivity contribution < 1.29 is 0 Å². The van der Waals surface area contributed by atoms with Crippen LogP contribution >= 0.6 is 35.0 Å². The van der Waals surface area contributed by atoms with Crippen molar-refractivity contribution in [2.75, 3.05) is 0 Å². The fourth-order valence-corrected chi connectivity index (χ4v) is 6.13. The van der Waals surface area contributed by atoms with Crippen LogP contribution in [0.3, 0.4) is 0 Å². The van der Waals surface area contributed by atoms with Crippen LogP contribution in [0, 0.1) is 0 Å². The molecule has 0 heterocycles. The van der Waals surface area contributed by atoms with Crippen LogP contribution in [0.1, 0.15) is 87.2 Å². The lowest BCUT2D eigenvalue weighted by atomic mass is 9.84. The average molecular weight is 419 g/mol. The van der Waals surface area contributed by atoms with E-state index in [4.69, 9.17) is 23.2 Å². The summed E-state index contributed by atoms with van der Waals surface area (Å²) in [5.41, 5.74) is 2.81. The first-order valence-corrected chi connectivity index (χ1v) is 12.0. The Morgan fingerprint density at radius 3 is 1.37 bits per heavy atom. The van der Waals surface area contributed by atoms with Gasteiger partial charge in [0, 0.05) is 9.79 Å². The van der Waals surface area contributed by atoms with Crippen LogP contribution in [0.2, 0.25) is 10.0 Å². The fraction of sp³-hybridized carbons (Fsp3) is 0.500. The molecule has 0 amide bonds. The van der Waals surface area contributed by atoms with E-state index in [0.717, 1.165) is 19.8 Å². The number of hydrogen-bond acceptors (Lipinski definition) is 1. The van der Waals surface area contributed by atoms with Gasteiger partial charge in [-0.3, -0.25) is 0 Å². The van der Waals surface area contributed by atoms with Gasteiger partial charge in [-0.05, 0) is 72.9 Å². The summed E-state index contributed by atoms with van der Waals surface area (Å²) in [7, 11) is 0. The van der Waals surface area contributed by atoms with Gasteiger partial charge in [0.1, 0.15) is 0 Å². The van der Waals surface area contributed by atoms with Crippen LogP contribution in [0.5, 0.6) is 0 Å². The highest BCUT2D eigenvalue weighted by Crippen LogP contribution is 2.42. The molecule has 2 aliphatic rings. The minimum atomic E-state index is 0.689. The second-order valence-corrected chi connectivity index (χ2v) is 10.0. The Bertz CT molecular complexity index is 708. The predicted octanol–water partition coefficient (Wildman–Crippen LogP) is 9.24. The Morgan fingerprint density at radius 2 is 1.00 bits per heavy atom. The molecule has 0 aromatic heterocycles. The van der Waals surface area contributed by atoms with Crippen molar-refractivity contribution in [3.8, 4) is 0 Å². The number of benzene rings is 2. The Balaban J connectivity index is 1.48. The average Bonchev–Trinajstić information content (AvgIpc) is 2.72. The molecule has 3 heteroatoms. The Hall–Kier alpha value is -0.630. The monoisotopic (exact) mass is 418 g/mol. The van der Waals surface area contributed by atoms with E-state index < -0.39 is 0 Å². The second kappa shape index (κ2) is 9.25. The van der Waals surface area contributed by atoms with E-state index in [1.54, 1.807) is 11.8 Å². The van der Waals surface area contributed by atoms with Gasteiger partial charge in [-0.15, -0.1) is 0 Å². The topological polar surface area (TPSA) is 0 Å². The molecule has 0 bridgehead atoms. The molecular weight excluding hydrogens is 391 g/mol. The highest BCUT2D eigenvalue weighted by molar-refractivity contribution is 7.99. The van der Waals surface area contributed by atoms with Crippen LogP contribution in [0.25, 0.3) is 0 Å². The van der Waals surface area contributed by atoms with Crippen LogP contribution in [0.4, 0.5) is 0 Å². The summed E-state index contributed by atoms with van der Waals surface area (Å²) in [6, 6.07) is 13.3. The SMILES string of the molecule is Clc1cc(C2CCCCC2)ccc1Sc1ccc(C2CCCCC2)cc1Cl. The Labute approximate surface area is 178 Å². The summed E-state index contributed by atoms with van der Waals surface area (Å²) < 4.78 is 0. The third-order valence-electron chi connectivity index (χ3n) is 6.28. The van der Waals surface area contributed by atoms with Crippen LogP contribution < -0.4 is 0 Å². The molecule has 27 heavy (non-hydrogen) atoms. The van der Waals surface area contributed by atoms with Gasteiger partial charge in [0.15, 0.2) is 0 Å². The molecule has 2 fully saturated rings. The summed E-state index contributed by atoms with van der Waals surface area (Å²) in [6.07, 6.45) is 13.4. The molecule has 0 saturated heterocycles. The molecule has 0 spiro atoms. The van der Waals surface area contributed by atoms with Crippen molar-refractivity contribution in [3.63, 3.8) is 0 Å². The molecule has 4 rings (SSSR count). The van der Waals surface area contributed by atoms with Crippen molar-refractivity contribution in [1.82, 2.24) is 0 Å². The van der Waals surface area contributed by atoms with Crippen molar-refractivity contribution in [2.24, 2.45) is 0 Å². The molecule has 144 valence electrons. The molecule has 0 nitrogen and oxygen atoms in total. The molecule has 0 atom stereocenters. The van der Waals surface area contributed by atoms with E-state index in [2.05, 4.69) is 36.4 Å². The number of rotatable bonds is 4. The van der Waals surface area contributed by atoms with Gasteiger partial charge in [0.25, 0.3) is 0 Å². The lowest BCUT2D eigenvalue weighted by Gasteiger charge is -2.23. The third kappa shape index (κ3) is 4.86. The summed E-state index contributed by atoms with van der Waals surface area (Å²) >= 11 is 15.0. The Morgan fingerprint density at radius 1 is 0.593 bits per heavy atom. The highest BCUT2D eigenvalue weighted by atomic mass is 35.5. The van der Waals surface area contributed by atoms with E-state index in [1.807, 2.05) is 0 Å². The maximum absolute atomic E-state index is 6.64. The van der Waals surface area contributed by atoms with Gasteiger partial charge in [-0.1, -0.05) is 85.6 Å². The maximum atomic E-state index is 6.64. The second-order valence-electron chi connectivity index (χ2n) is 8.15. The Kier molecular flexibility index (Phi) is 6.74. The van der Waals surface area contributed by atoms with E-state index in [-0.39, 0.29) is 0 Å². The van der Waals surface area contributed by atoms with Crippen molar-refractivity contribution in [2.45, 2.75) is 85.8 Å². The molecule has 2 aromatic carbocycles. The molecule has 0 unspecified atom stereocenters.